The molecular formula is C14H18O4. The van der Waals surface area contributed by atoms with E-state index in [2.05, 4.69) is 0 Å². The summed E-state index contributed by atoms with van der Waals surface area (Å²) in [5, 5.41) is 0. The predicted octanol–water partition coefficient (Wildman–Crippen LogP) is 2.80. The van der Waals surface area contributed by atoms with E-state index in [1.54, 1.807) is 31.2 Å². The lowest BCUT2D eigenvalue weighted by molar-refractivity contribution is -0.131. The van der Waals surface area contributed by atoms with Crippen LogP contribution in [-0.2, 0) is 9.59 Å². The number of rotatable bonds is 3. The molecule has 1 aromatic rings. The van der Waals surface area contributed by atoms with Crippen molar-refractivity contribution in [3.8, 4) is 5.75 Å². The van der Waals surface area contributed by atoms with Gasteiger partial charge in [-0.1, -0.05) is 6.92 Å². The van der Waals surface area contributed by atoms with Crippen LogP contribution in [0.3, 0.4) is 0 Å². The average molecular weight is 250 g/mol. The van der Waals surface area contributed by atoms with Crippen molar-refractivity contribution in [2.45, 2.75) is 34.1 Å². The van der Waals surface area contributed by atoms with Gasteiger partial charge in [-0.05, 0) is 38.1 Å². The predicted molar refractivity (Wildman–Crippen MR) is 68.7 cm³/mol. The van der Waals surface area contributed by atoms with Crippen LogP contribution in [0.2, 0.25) is 0 Å². The van der Waals surface area contributed by atoms with Gasteiger partial charge in [0.25, 0.3) is 0 Å². The molecule has 0 atom stereocenters. The summed E-state index contributed by atoms with van der Waals surface area (Å²) in [5.41, 5.74) is 0.607. The topological polar surface area (TPSA) is 60.4 Å². The zero-order chi connectivity index (χ0) is 14.1. The van der Waals surface area contributed by atoms with Gasteiger partial charge in [-0.2, -0.15) is 0 Å². The largest absolute Gasteiger partial charge is 0.427 e. The van der Waals surface area contributed by atoms with Crippen LogP contribution in [0.15, 0.2) is 24.3 Å². The molecule has 0 N–H and O–H groups in total. The summed E-state index contributed by atoms with van der Waals surface area (Å²) in [6, 6.07) is 6.44. The van der Waals surface area contributed by atoms with Gasteiger partial charge in [0, 0.05) is 18.9 Å². The van der Waals surface area contributed by atoms with Gasteiger partial charge in [0.1, 0.15) is 11.5 Å². The molecule has 0 aliphatic carbocycles. The van der Waals surface area contributed by atoms with Crippen molar-refractivity contribution < 1.29 is 19.1 Å². The molecule has 0 aromatic heterocycles. The van der Waals surface area contributed by atoms with E-state index in [9.17, 15) is 14.4 Å². The van der Waals surface area contributed by atoms with E-state index in [1.807, 2.05) is 6.92 Å². The zero-order valence-corrected chi connectivity index (χ0v) is 11.1. The van der Waals surface area contributed by atoms with E-state index in [0.717, 1.165) is 0 Å². The maximum absolute atomic E-state index is 10.9. The Balaban J connectivity index is 0.000000494. The van der Waals surface area contributed by atoms with Crippen LogP contribution < -0.4 is 4.74 Å². The first-order valence-corrected chi connectivity index (χ1v) is 5.65. The Kier molecular flexibility index (Phi) is 7.28. The summed E-state index contributed by atoms with van der Waals surface area (Å²) >= 11 is 0. The maximum Gasteiger partial charge on any atom is 0.308 e. The Bertz CT molecular complexity index is 418. The van der Waals surface area contributed by atoms with Crippen LogP contribution in [0.25, 0.3) is 0 Å². The minimum absolute atomic E-state index is 0.00521. The van der Waals surface area contributed by atoms with E-state index in [1.165, 1.54) is 13.8 Å². The van der Waals surface area contributed by atoms with E-state index >= 15 is 0 Å². The van der Waals surface area contributed by atoms with Crippen molar-refractivity contribution in [1.29, 1.82) is 0 Å². The van der Waals surface area contributed by atoms with Gasteiger partial charge >= 0.3 is 5.97 Å². The van der Waals surface area contributed by atoms with Crippen molar-refractivity contribution in [3.63, 3.8) is 0 Å². The van der Waals surface area contributed by atoms with Gasteiger partial charge in [0.15, 0.2) is 5.78 Å². The van der Waals surface area contributed by atoms with Crippen LogP contribution in [-0.4, -0.2) is 17.5 Å². The van der Waals surface area contributed by atoms with Crippen LogP contribution in [0.5, 0.6) is 5.75 Å². The first-order chi connectivity index (χ1) is 8.36. The smallest absolute Gasteiger partial charge is 0.308 e. The Hall–Kier alpha value is -1.97. The van der Waals surface area contributed by atoms with Crippen molar-refractivity contribution in [2.24, 2.45) is 0 Å². The summed E-state index contributed by atoms with van der Waals surface area (Å²) in [7, 11) is 0. The summed E-state index contributed by atoms with van der Waals surface area (Å²) in [4.78, 5) is 31.2. The molecule has 0 heterocycles. The van der Waals surface area contributed by atoms with Gasteiger partial charge in [-0.3, -0.25) is 9.59 Å². The molecule has 18 heavy (non-hydrogen) atoms. The molecule has 4 nitrogen and oxygen atoms in total. The number of esters is 1. The highest BCUT2D eigenvalue weighted by Crippen LogP contribution is 2.12. The first-order valence-electron chi connectivity index (χ1n) is 5.65. The highest BCUT2D eigenvalue weighted by atomic mass is 16.5. The fraction of sp³-hybridized carbons (Fsp3) is 0.357. The third-order valence-electron chi connectivity index (χ3n) is 2.02. The molecule has 0 fully saturated rings. The molecule has 1 rings (SSSR count). The summed E-state index contributed by atoms with van der Waals surface area (Å²) < 4.78 is 4.80. The highest BCUT2D eigenvalue weighted by Gasteiger charge is 2.00. The number of carbonyl (C=O) groups is 3. The van der Waals surface area contributed by atoms with Gasteiger partial charge in [0.05, 0.1) is 0 Å². The number of Topliss-reactive ketones (excluding diaryl/α,β-unsaturated/α-hetero) is 2. The molecule has 0 radical (unpaired) electrons. The minimum Gasteiger partial charge on any atom is -0.427 e. The maximum atomic E-state index is 10.9. The normalized spacial score (nSPS) is 8.89. The van der Waals surface area contributed by atoms with Crippen molar-refractivity contribution >= 4 is 17.5 Å². The molecule has 0 aliphatic rings. The first kappa shape index (κ1) is 16.0. The number of ether oxygens (including phenoxy) is 1. The van der Waals surface area contributed by atoms with Gasteiger partial charge in [0.2, 0.25) is 0 Å². The quantitative estimate of drug-likeness (QED) is 0.470. The number of ketones is 2. The minimum atomic E-state index is -0.365. The molecule has 0 saturated carbocycles. The molecule has 0 amide bonds. The van der Waals surface area contributed by atoms with Gasteiger partial charge in [-0.15, -0.1) is 0 Å². The van der Waals surface area contributed by atoms with Crippen LogP contribution >= 0.6 is 0 Å². The Morgan fingerprint density at radius 1 is 1.00 bits per heavy atom. The molecule has 0 spiro atoms. The van der Waals surface area contributed by atoms with Crippen molar-refractivity contribution in [1.82, 2.24) is 0 Å². The monoisotopic (exact) mass is 250 g/mol. The Morgan fingerprint density at radius 2 is 1.44 bits per heavy atom. The highest BCUT2D eigenvalue weighted by molar-refractivity contribution is 5.94. The number of carbonyl (C=O) groups excluding carboxylic acids is 3. The van der Waals surface area contributed by atoms with E-state index < -0.39 is 0 Å². The van der Waals surface area contributed by atoms with E-state index in [-0.39, 0.29) is 17.5 Å². The van der Waals surface area contributed by atoms with Crippen molar-refractivity contribution in [2.75, 3.05) is 0 Å². The molecule has 0 saturated heterocycles. The molecule has 98 valence electrons. The second-order valence-corrected chi connectivity index (χ2v) is 3.73. The lowest BCUT2D eigenvalue weighted by Crippen LogP contribution is -2.01. The molecule has 0 bridgehead atoms. The zero-order valence-electron chi connectivity index (χ0n) is 11.1. The summed E-state index contributed by atoms with van der Waals surface area (Å²) in [6.07, 6.45) is 0.667. The molecule has 0 unspecified atom stereocenters. The molecular weight excluding hydrogens is 232 g/mol. The molecule has 4 heteroatoms. The number of hydrogen-bond donors (Lipinski definition) is 0. The average Bonchev–Trinajstić information content (AvgIpc) is 2.29. The van der Waals surface area contributed by atoms with Crippen LogP contribution in [0.1, 0.15) is 44.5 Å². The molecule has 1 aromatic carbocycles. The van der Waals surface area contributed by atoms with Gasteiger partial charge < -0.3 is 9.53 Å². The Morgan fingerprint density at radius 3 is 1.72 bits per heavy atom. The second kappa shape index (κ2) is 8.17. The second-order valence-electron chi connectivity index (χ2n) is 3.73. The lowest BCUT2D eigenvalue weighted by atomic mass is 10.1. The van der Waals surface area contributed by atoms with Crippen LogP contribution in [0, 0.1) is 0 Å². The number of hydrogen-bond acceptors (Lipinski definition) is 4. The van der Waals surface area contributed by atoms with E-state index in [0.29, 0.717) is 17.7 Å². The third-order valence-corrected chi connectivity index (χ3v) is 2.02. The van der Waals surface area contributed by atoms with Crippen molar-refractivity contribution in [3.05, 3.63) is 29.8 Å². The number of benzene rings is 1. The third kappa shape index (κ3) is 7.33. The summed E-state index contributed by atoms with van der Waals surface area (Å²) in [5.74, 6) is 0.340. The van der Waals surface area contributed by atoms with E-state index in [4.69, 9.17) is 4.74 Å². The van der Waals surface area contributed by atoms with Gasteiger partial charge in [-0.25, -0.2) is 0 Å². The SMILES string of the molecule is CC(=O)Oc1ccc(C(C)=O)cc1.CCC(C)=O. The Labute approximate surface area is 107 Å². The summed E-state index contributed by atoms with van der Waals surface area (Å²) in [6.45, 7) is 6.25. The van der Waals surface area contributed by atoms with Crippen LogP contribution in [0.4, 0.5) is 0 Å². The fourth-order valence-electron chi connectivity index (χ4n) is 0.924. The molecule has 0 aliphatic heterocycles. The lowest BCUT2D eigenvalue weighted by Gasteiger charge is -2.00. The standard InChI is InChI=1S/C10H10O3.C4H8O/c1-7(11)9-3-5-10(6-4-9)13-8(2)12;1-3-4(2)5/h3-6H,1-2H3;3H2,1-2H3. The fourth-order valence-corrected chi connectivity index (χ4v) is 0.924.